The average molecular weight is 1170 g/mol. The van der Waals surface area contributed by atoms with Gasteiger partial charge in [-0.2, -0.15) is 0 Å². The normalized spacial score (nSPS) is 14.8. The molecule has 0 aliphatic carbocycles. The molecule has 3 fully saturated rings. The van der Waals surface area contributed by atoms with Crippen LogP contribution in [0.3, 0.4) is 0 Å². The van der Waals surface area contributed by atoms with Gasteiger partial charge in [-0.25, -0.2) is 4.39 Å². The summed E-state index contributed by atoms with van der Waals surface area (Å²) >= 11 is 0. The zero-order valence-electron chi connectivity index (χ0n) is 41.3. The lowest BCUT2D eigenvalue weighted by molar-refractivity contribution is -0.385. The molecule has 0 saturated carbocycles. The van der Waals surface area contributed by atoms with Crippen molar-refractivity contribution < 1.29 is 19.2 Å². The third-order valence-corrected chi connectivity index (χ3v) is 11.4. The Morgan fingerprint density at radius 2 is 0.533 bits per heavy atom. The highest BCUT2D eigenvalue weighted by molar-refractivity contribution is 5.86. The predicted octanol–water partition coefficient (Wildman–Crippen LogP) is 7.22. The summed E-state index contributed by atoms with van der Waals surface area (Å²) in [5.74, 6) is -0.467. The standard InChI is InChI=1S/C18H21N5O4.C18H25N5.C6H4FNO2.C6H15N3.6ClH/c24-22(25)17-5-1-15(2-6-17)20-11-9-19-10-12-21(14-13-20)16-3-7-18(8-4-16)23(26)27;19-15-1-5-17(6-2-15)22-11-9-21-10-12-23(14-13-22)18-7-3-16(20)4-8-18;7-5-1-3-6(4-2-5)8(9)10;1-2-8-5-6-9-4-3-7-1;;;;;;/h1-8,19H,9-14H2;1-8,21H,9-14,19-20H2;1-4H;7-9H,1-6H2;6*1H. The molecular formula is C48H71Cl6FN14O6. The van der Waals surface area contributed by atoms with E-state index in [0.29, 0.717) is 0 Å². The van der Waals surface area contributed by atoms with Gasteiger partial charge in [-0.05, 0) is 84.9 Å². The van der Waals surface area contributed by atoms with Crippen LogP contribution in [-0.2, 0) is 0 Å². The van der Waals surface area contributed by atoms with Gasteiger partial charge in [0.25, 0.3) is 17.1 Å². The maximum Gasteiger partial charge on any atom is 0.269 e. The Bertz CT molecular complexity index is 2160. The topological polar surface area (TPSA) is 255 Å². The van der Waals surface area contributed by atoms with E-state index in [2.05, 4.69) is 70.4 Å². The van der Waals surface area contributed by atoms with Gasteiger partial charge in [0.2, 0.25) is 0 Å². The van der Waals surface area contributed by atoms with Gasteiger partial charge < -0.3 is 57.7 Å². The predicted molar refractivity (Wildman–Crippen MR) is 318 cm³/mol. The minimum atomic E-state index is -0.570. The molecule has 27 heteroatoms. The molecule has 418 valence electrons. The Morgan fingerprint density at radius 3 is 0.760 bits per heavy atom. The first-order valence-electron chi connectivity index (χ1n) is 23.1. The maximum absolute atomic E-state index is 12.1. The van der Waals surface area contributed by atoms with E-state index in [1.54, 1.807) is 24.3 Å². The van der Waals surface area contributed by atoms with Crippen LogP contribution in [0.25, 0.3) is 0 Å². The Labute approximate surface area is 475 Å². The van der Waals surface area contributed by atoms with Crippen LogP contribution in [0.15, 0.2) is 121 Å². The fourth-order valence-corrected chi connectivity index (χ4v) is 7.48. The van der Waals surface area contributed by atoms with E-state index in [1.165, 1.54) is 35.6 Å². The number of rotatable bonds is 7. The summed E-state index contributed by atoms with van der Waals surface area (Å²) in [6.45, 7) is 17.2. The summed E-state index contributed by atoms with van der Waals surface area (Å²) in [6, 6.07) is 33.8. The van der Waals surface area contributed by atoms with E-state index in [1.807, 2.05) is 24.3 Å². The second-order valence-corrected chi connectivity index (χ2v) is 16.2. The van der Waals surface area contributed by atoms with Gasteiger partial charge in [0.15, 0.2) is 0 Å². The van der Waals surface area contributed by atoms with Crippen molar-refractivity contribution in [2.45, 2.75) is 0 Å². The quantitative estimate of drug-likeness (QED) is 0.0482. The number of nitrogens with two attached hydrogens (primary N) is 2. The van der Waals surface area contributed by atoms with E-state index in [0.717, 1.165) is 165 Å². The molecule has 3 aliphatic rings. The molecular weight excluding hydrogens is 1100 g/mol. The van der Waals surface area contributed by atoms with Crippen molar-refractivity contribution in [3.8, 4) is 0 Å². The lowest BCUT2D eigenvalue weighted by Crippen LogP contribution is -2.36. The third kappa shape index (κ3) is 26.3. The molecule has 0 unspecified atom stereocenters. The van der Waals surface area contributed by atoms with E-state index < -0.39 is 20.6 Å². The minimum Gasteiger partial charge on any atom is -0.399 e. The molecule has 75 heavy (non-hydrogen) atoms. The lowest BCUT2D eigenvalue weighted by Gasteiger charge is -2.29. The summed E-state index contributed by atoms with van der Waals surface area (Å²) in [5.41, 5.74) is 17.6. The Morgan fingerprint density at radius 1 is 0.333 bits per heavy atom. The number of nitro groups is 3. The zero-order chi connectivity index (χ0) is 49.2. The molecule has 5 aromatic carbocycles. The van der Waals surface area contributed by atoms with Crippen LogP contribution in [0.4, 0.5) is 55.6 Å². The Kier molecular flexibility index (Phi) is 38.1. The van der Waals surface area contributed by atoms with Crippen molar-refractivity contribution in [1.29, 1.82) is 0 Å². The third-order valence-electron chi connectivity index (χ3n) is 11.4. The van der Waals surface area contributed by atoms with Crippen LogP contribution in [0, 0.1) is 36.2 Å². The molecule has 0 spiro atoms. The fourth-order valence-electron chi connectivity index (χ4n) is 7.48. The van der Waals surface area contributed by atoms with Gasteiger partial charge in [-0.1, -0.05) is 0 Å². The molecule has 8 rings (SSSR count). The summed E-state index contributed by atoms with van der Waals surface area (Å²) in [7, 11) is 0. The van der Waals surface area contributed by atoms with Gasteiger partial charge in [-0.15, -0.1) is 74.4 Å². The van der Waals surface area contributed by atoms with E-state index in [4.69, 9.17) is 11.5 Å². The fraction of sp³-hybridized carbons (Fsp3) is 0.375. The summed E-state index contributed by atoms with van der Waals surface area (Å²) < 4.78 is 12.1. The number of hydrogen-bond donors (Lipinski definition) is 7. The first-order chi connectivity index (χ1) is 33.5. The monoisotopic (exact) mass is 1170 g/mol. The number of non-ortho nitro benzene ring substituents is 3. The number of nitrogens with zero attached hydrogens (tertiary/aromatic N) is 7. The highest BCUT2D eigenvalue weighted by Gasteiger charge is 2.17. The Hall–Kier alpha value is -5.43. The molecule has 0 bridgehead atoms. The van der Waals surface area contributed by atoms with Crippen molar-refractivity contribution in [3.63, 3.8) is 0 Å². The van der Waals surface area contributed by atoms with Crippen molar-refractivity contribution in [2.24, 2.45) is 0 Å². The molecule has 0 atom stereocenters. The second-order valence-electron chi connectivity index (χ2n) is 16.2. The van der Waals surface area contributed by atoms with Gasteiger partial charge in [0.05, 0.1) is 14.8 Å². The van der Waals surface area contributed by atoms with Crippen LogP contribution in [-0.4, -0.2) is 133 Å². The van der Waals surface area contributed by atoms with E-state index >= 15 is 0 Å². The molecule has 0 radical (unpaired) electrons. The van der Waals surface area contributed by atoms with Gasteiger partial charge in [-0.3, -0.25) is 30.3 Å². The van der Waals surface area contributed by atoms with Crippen molar-refractivity contribution in [3.05, 3.63) is 157 Å². The van der Waals surface area contributed by atoms with Gasteiger partial charge >= 0.3 is 0 Å². The van der Waals surface area contributed by atoms with Crippen molar-refractivity contribution >= 4 is 126 Å². The van der Waals surface area contributed by atoms with Gasteiger partial charge in [0, 0.05) is 188 Å². The first kappa shape index (κ1) is 71.6. The smallest absolute Gasteiger partial charge is 0.269 e. The van der Waals surface area contributed by atoms with Crippen LogP contribution < -0.4 is 57.7 Å². The van der Waals surface area contributed by atoms with Crippen LogP contribution in [0.2, 0.25) is 0 Å². The van der Waals surface area contributed by atoms with E-state index in [-0.39, 0.29) is 91.5 Å². The van der Waals surface area contributed by atoms with Crippen LogP contribution >= 0.6 is 74.4 Å². The van der Waals surface area contributed by atoms with Crippen LogP contribution in [0.1, 0.15) is 0 Å². The number of hydrogen-bond acceptors (Lipinski definition) is 17. The number of halogens is 7. The second kappa shape index (κ2) is 39.9. The van der Waals surface area contributed by atoms with E-state index in [9.17, 15) is 34.7 Å². The zero-order valence-corrected chi connectivity index (χ0v) is 46.2. The highest BCUT2D eigenvalue weighted by Crippen LogP contribution is 2.23. The Balaban J connectivity index is 0. The number of nitrogens with one attached hydrogen (secondary N) is 5. The molecule has 3 heterocycles. The van der Waals surface area contributed by atoms with Gasteiger partial charge in [0.1, 0.15) is 5.82 Å². The molecule has 20 nitrogen and oxygen atoms in total. The average Bonchev–Trinajstić information content (AvgIpc) is 3.67. The van der Waals surface area contributed by atoms with Crippen molar-refractivity contribution in [1.82, 2.24) is 26.6 Å². The molecule has 5 aromatic rings. The molecule has 3 aliphatic heterocycles. The molecule has 3 saturated heterocycles. The lowest BCUT2D eigenvalue weighted by atomic mass is 10.2. The number of anilines is 6. The number of nitrogen functional groups attached to an aromatic ring is 2. The molecule has 9 N–H and O–H groups in total. The highest BCUT2D eigenvalue weighted by atomic mass is 35.5. The largest absolute Gasteiger partial charge is 0.399 e. The van der Waals surface area contributed by atoms with Crippen molar-refractivity contribution in [2.75, 3.05) is 149 Å². The van der Waals surface area contributed by atoms with Crippen LogP contribution in [0.5, 0.6) is 0 Å². The number of nitro benzene ring substituents is 3. The summed E-state index contributed by atoms with van der Waals surface area (Å²) in [4.78, 5) is 39.5. The number of benzene rings is 5. The maximum atomic E-state index is 12.1. The summed E-state index contributed by atoms with van der Waals surface area (Å²) in [6.07, 6.45) is 0. The minimum absolute atomic E-state index is 0. The summed E-state index contributed by atoms with van der Waals surface area (Å²) in [5, 5.41) is 48.5. The molecule has 0 amide bonds. The SMILES string of the molecule is C1CNCCNCCN1.Cl.Cl.Cl.Cl.Cl.Cl.Nc1ccc(N2CCNCCN(c3ccc(N)cc3)CC2)cc1.O=[N+]([O-])c1ccc(F)cc1.O=[N+]([O-])c1ccc(N2CCNCCN(c3ccc([N+](=O)[O-])cc3)CC2)cc1. The molecule has 0 aromatic heterocycles. The first-order valence-corrected chi connectivity index (χ1v) is 23.1.